The van der Waals surface area contributed by atoms with Crippen molar-refractivity contribution in [3.05, 3.63) is 58.1 Å². The van der Waals surface area contributed by atoms with Crippen LogP contribution in [0.15, 0.2) is 52.0 Å². The van der Waals surface area contributed by atoms with E-state index in [-0.39, 0.29) is 17.1 Å². The smallest absolute Gasteiger partial charge is 0.275 e. The average molecular weight is 335 g/mol. The molecule has 0 unspecified atom stereocenters. The van der Waals surface area contributed by atoms with E-state index in [0.717, 1.165) is 4.47 Å². The number of rotatable bonds is 3. The highest BCUT2D eigenvalue weighted by molar-refractivity contribution is 9.10. The quantitative estimate of drug-likeness (QED) is 0.596. The summed E-state index contributed by atoms with van der Waals surface area (Å²) in [7, 11) is 0. The molecule has 0 saturated carbocycles. The summed E-state index contributed by atoms with van der Waals surface area (Å²) in [5.41, 5.74) is 2.86. The lowest BCUT2D eigenvalue weighted by Crippen LogP contribution is -2.17. The van der Waals surface area contributed by atoms with Crippen LogP contribution in [0.1, 0.15) is 15.9 Å². The number of phenolic OH excluding ortho intramolecular Hbond substituents is 2. The largest absolute Gasteiger partial charge is 0.507 e. The monoisotopic (exact) mass is 334 g/mol. The van der Waals surface area contributed by atoms with E-state index in [2.05, 4.69) is 26.5 Å². The molecule has 2 aromatic carbocycles. The maximum Gasteiger partial charge on any atom is 0.275 e. The van der Waals surface area contributed by atoms with Gasteiger partial charge in [-0.25, -0.2) is 5.43 Å². The molecule has 0 fully saturated rings. The van der Waals surface area contributed by atoms with Gasteiger partial charge in [-0.15, -0.1) is 0 Å². The van der Waals surface area contributed by atoms with Crippen LogP contribution >= 0.6 is 15.9 Å². The molecule has 0 aliphatic rings. The number of amides is 1. The van der Waals surface area contributed by atoms with Crippen molar-refractivity contribution in [3.63, 3.8) is 0 Å². The molecule has 102 valence electrons. The maximum absolute atomic E-state index is 11.8. The fraction of sp³-hybridized carbons (Fsp3) is 0. The first-order valence-corrected chi connectivity index (χ1v) is 6.47. The van der Waals surface area contributed by atoms with Gasteiger partial charge in [0.2, 0.25) is 0 Å². The Morgan fingerprint density at radius 1 is 1.15 bits per heavy atom. The zero-order chi connectivity index (χ0) is 14.5. The van der Waals surface area contributed by atoms with Crippen LogP contribution in [0.25, 0.3) is 0 Å². The van der Waals surface area contributed by atoms with Crippen molar-refractivity contribution in [2.24, 2.45) is 5.10 Å². The summed E-state index contributed by atoms with van der Waals surface area (Å²) in [5, 5.41) is 22.9. The van der Waals surface area contributed by atoms with Gasteiger partial charge < -0.3 is 10.2 Å². The molecule has 0 aliphatic carbocycles. The molecular formula is C14H11BrN2O3. The number of carbonyl (C=O) groups excluding carboxylic acids is 1. The molecule has 2 rings (SSSR count). The molecule has 3 N–H and O–H groups in total. The highest BCUT2D eigenvalue weighted by atomic mass is 79.9. The van der Waals surface area contributed by atoms with Crippen LogP contribution in [0.2, 0.25) is 0 Å². The van der Waals surface area contributed by atoms with Crippen LogP contribution < -0.4 is 5.43 Å². The number of para-hydroxylation sites is 1. The lowest BCUT2D eigenvalue weighted by molar-refractivity contribution is 0.0952. The van der Waals surface area contributed by atoms with Gasteiger partial charge in [0, 0.05) is 10.0 Å². The van der Waals surface area contributed by atoms with Crippen molar-refractivity contribution >= 4 is 28.1 Å². The van der Waals surface area contributed by atoms with E-state index >= 15 is 0 Å². The minimum absolute atomic E-state index is 0.0498. The molecule has 0 aromatic heterocycles. The number of phenols is 2. The van der Waals surface area contributed by atoms with E-state index in [1.807, 2.05) is 0 Å². The number of hydrogen-bond acceptors (Lipinski definition) is 4. The summed E-state index contributed by atoms with van der Waals surface area (Å²) >= 11 is 3.27. The van der Waals surface area contributed by atoms with Gasteiger partial charge in [-0.3, -0.25) is 4.79 Å². The Bertz CT molecular complexity index is 671. The lowest BCUT2D eigenvalue weighted by atomic mass is 10.2. The Labute approximate surface area is 123 Å². The molecule has 20 heavy (non-hydrogen) atoms. The predicted octanol–water partition coefficient (Wildman–Crippen LogP) is 2.62. The first-order valence-electron chi connectivity index (χ1n) is 5.68. The molecule has 0 bridgehead atoms. The van der Waals surface area contributed by atoms with Gasteiger partial charge in [0.1, 0.15) is 11.5 Å². The molecule has 0 saturated heterocycles. The van der Waals surface area contributed by atoms with Crippen molar-refractivity contribution < 1.29 is 15.0 Å². The number of halogens is 1. The predicted molar refractivity (Wildman–Crippen MR) is 79.0 cm³/mol. The Morgan fingerprint density at radius 2 is 1.90 bits per heavy atom. The molecule has 6 heteroatoms. The number of benzene rings is 2. The van der Waals surface area contributed by atoms with Crippen LogP contribution in [0, 0.1) is 0 Å². The number of carbonyl (C=O) groups is 1. The third-order valence-electron chi connectivity index (χ3n) is 2.51. The van der Waals surface area contributed by atoms with Gasteiger partial charge in [0.15, 0.2) is 0 Å². The second-order valence-electron chi connectivity index (χ2n) is 3.92. The summed E-state index contributed by atoms with van der Waals surface area (Å²) in [6.07, 6.45) is 1.32. The van der Waals surface area contributed by atoms with Crippen molar-refractivity contribution in [1.82, 2.24) is 5.43 Å². The fourth-order valence-electron chi connectivity index (χ4n) is 1.52. The molecule has 0 aliphatic heterocycles. The summed E-state index contributed by atoms with van der Waals surface area (Å²) < 4.78 is 0.781. The van der Waals surface area contributed by atoms with Crippen LogP contribution in [-0.4, -0.2) is 22.3 Å². The summed E-state index contributed by atoms with van der Waals surface area (Å²) in [5.74, 6) is -0.604. The Kier molecular flexibility index (Phi) is 4.37. The van der Waals surface area contributed by atoms with Gasteiger partial charge in [0.25, 0.3) is 5.91 Å². The van der Waals surface area contributed by atoms with E-state index in [1.54, 1.807) is 24.3 Å². The minimum Gasteiger partial charge on any atom is -0.507 e. The Hall–Kier alpha value is -2.34. The minimum atomic E-state index is -0.533. The van der Waals surface area contributed by atoms with Crippen molar-refractivity contribution in [2.75, 3.05) is 0 Å². The second kappa shape index (κ2) is 6.21. The molecule has 1 amide bonds. The van der Waals surface area contributed by atoms with E-state index < -0.39 is 5.91 Å². The number of nitrogens with zero attached hydrogens (tertiary/aromatic N) is 1. The van der Waals surface area contributed by atoms with Gasteiger partial charge in [0.05, 0.1) is 11.8 Å². The number of hydrogen-bond donors (Lipinski definition) is 3. The molecule has 0 spiro atoms. The van der Waals surface area contributed by atoms with Gasteiger partial charge in [-0.1, -0.05) is 28.1 Å². The zero-order valence-corrected chi connectivity index (χ0v) is 11.8. The van der Waals surface area contributed by atoms with Crippen LogP contribution in [0.4, 0.5) is 0 Å². The van der Waals surface area contributed by atoms with Gasteiger partial charge in [-0.05, 0) is 30.3 Å². The van der Waals surface area contributed by atoms with Gasteiger partial charge >= 0.3 is 0 Å². The third kappa shape index (κ3) is 3.36. The fourth-order valence-corrected chi connectivity index (χ4v) is 1.89. The number of hydrazone groups is 1. The van der Waals surface area contributed by atoms with E-state index in [0.29, 0.717) is 5.56 Å². The summed E-state index contributed by atoms with van der Waals surface area (Å²) in [6.45, 7) is 0. The Balaban J connectivity index is 2.09. The molecular weight excluding hydrogens is 324 g/mol. The van der Waals surface area contributed by atoms with E-state index in [1.165, 1.54) is 24.4 Å². The molecule has 0 radical (unpaired) electrons. The topological polar surface area (TPSA) is 81.9 Å². The number of aromatic hydroxyl groups is 2. The molecule has 0 atom stereocenters. The van der Waals surface area contributed by atoms with E-state index in [4.69, 9.17) is 0 Å². The van der Waals surface area contributed by atoms with Crippen molar-refractivity contribution in [1.29, 1.82) is 0 Å². The normalized spacial score (nSPS) is 10.7. The average Bonchev–Trinajstić information content (AvgIpc) is 2.43. The van der Waals surface area contributed by atoms with Crippen LogP contribution in [-0.2, 0) is 0 Å². The summed E-state index contributed by atoms with van der Waals surface area (Å²) in [4.78, 5) is 11.8. The zero-order valence-electron chi connectivity index (χ0n) is 10.2. The highest BCUT2D eigenvalue weighted by Crippen LogP contribution is 2.20. The first-order chi connectivity index (χ1) is 9.58. The van der Waals surface area contributed by atoms with Crippen LogP contribution in [0.3, 0.4) is 0 Å². The van der Waals surface area contributed by atoms with Gasteiger partial charge in [-0.2, -0.15) is 5.10 Å². The van der Waals surface area contributed by atoms with E-state index in [9.17, 15) is 15.0 Å². The molecule has 0 heterocycles. The SMILES string of the molecule is O=C(NN=Cc1cc(Br)ccc1O)c1ccccc1O. The lowest BCUT2D eigenvalue weighted by Gasteiger charge is -2.02. The first kappa shape index (κ1) is 14.1. The molecule has 2 aromatic rings. The molecule has 5 nitrogen and oxygen atoms in total. The van der Waals surface area contributed by atoms with Crippen molar-refractivity contribution in [2.45, 2.75) is 0 Å². The number of nitrogens with one attached hydrogen (secondary N) is 1. The maximum atomic E-state index is 11.8. The summed E-state index contributed by atoms with van der Waals surface area (Å²) in [6, 6.07) is 11.0. The van der Waals surface area contributed by atoms with Crippen molar-refractivity contribution in [3.8, 4) is 11.5 Å². The second-order valence-corrected chi connectivity index (χ2v) is 4.84. The van der Waals surface area contributed by atoms with Crippen LogP contribution in [0.5, 0.6) is 11.5 Å². The third-order valence-corrected chi connectivity index (χ3v) is 3.00. The Morgan fingerprint density at radius 3 is 2.65 bits per heavy atom. The highest BCUT2D eigenvalue weighted by Gasteiger charge is 2.08. The standard InChI is InChI=1S/C14H11BrN2O3/c15-10-5-6-12(18)9(7-10)8-16-17-14(20)11-3-1-2-4-13(11)19/h1-8,18-19H,(H,17,20).